The number of ether oxygens (including phenoxy) is 1. The van der Waals surface area contributed by atoms with Crippen LogP contribution in [0.5, 0.6) is 0 Å². The number of carbonyl (C=O) groups excluding carboxylic acids is 1. The fourth-order valence-electron chi connectivity index (χ4n) is 1.71. The van der Waals surface area contributed by atoms with Crippen LogP contribution in [0.2, 0.25) is 0 Å². The van der Waals surface area contributed by atoms with Crippen molar-refractivity contribution in [2.24, 2.45) is 0 Å². The van der Waals surface area contributed by atoms with Gasteiger partial charge in [0.25, 0.3) is 0 Å². The van der Waals surface area contributed by atoms with Crippen molar-refractivity contribution in [1.82, 2.24) is 9.55 Å². The summed E-state index contributed by atoms with van der Waals surface area (Å²) in [7, 11) is 1.39. The molecule has 0 unspecified atom stereocenters. The van der Waals surface area contributed by atoms with Crippen molar-refractivity contribution in [1.29, 1.82) is 0 Å². The first kappa shape index (κ1) is 12.7. The molecule has 0 aliphatic heterocycles. The molecule has 1 aromatic rings. The van der Waals surface area contributed by atoms with Gasteiger partial charge in [-0.1, -0.05) is 26.2 Å². The maximum Gasteiger partial charge on any atom is 0.356 e. The predicted molar refractivity (Wildman–Crippen MR) is 62.4 cm³/mol. The van der Waals surface area contributed by atoms with Gasteiger partial charge in [0.15, 0.2) is 0 Å². The minimum atomic E-state index is -0.309. The molecular weight excluding hydrogens is 204 g/mol. The Morgan fingerprint density at radius 3 is 2.81 bits per heavy atom. The summed E-state index contributed by atoms with van der Waals surface area (Å²) in [6, 6.07) is 0. The van der Waals surface area contributed by atoms with Crippen LogP contribution in [0.25, 0.3) is 0 Å². The molecule has 0 aliphatic carbocycles. The van der Waals surface area contributed by atoms with Crippen molar-refractivity contribution < 1.29 is 9.53 Å². The molecule has 1 heterocycles. The maximum atomic E-state index is 11.5. The average Bonchev–Trinajstić information content (AvgIpc) is 2.65. The molecule has 0 saturated heterocycles. The third-order valence-corrected chi connectivity index (χ3v) is 2.68. The highest BCUT2D eigenvalue weighted by Gasteiger charge is 2.13. The summed E-state index contributed by atoms with van der Waals surface area (Å²) in [5, 5.41) is 0. The third-order valence-electron chi connectivity index (χ3n) is 2.68. The number of esters is 1. The molecule has 0 spiro atoms. The molecule has 0 N–H and O–H groups in total. The van der Waals surface area contributed by atoms with E-state index in [9.17, 15) is 4.79 Å². The van der Waals surface area contributed by atoms with Crippen LogP contribution in [0.3, 0.4) is 0 Å². The smallest absolute Gasteiger partial charge is 0.356 e. The van der Waals surface area contributed by atoms with E-state index in [0.29, 0.717) is 5.69 Å². The van der Waals surface area contributed by atoms with E-state index in [4.69, 9.17) is 4.74 Å². The highest BCUT2D eigenvalue weighted by molar-refractivity contribution is 5.87. The molecule has 16 heavy (non-hydrogen) atoms. The summed E-state index contributed by atoms with van der Waals surface area (Å²) in [5.74, 6) is 0.563. The first-order valence-corrected chi connectivity index (χ1v) is 5.81. The van der Waals surface area contributed by atoms with Gasteiger partial charge in [-0.3, -0.25) is 0 Å². The minimum Gasteiger partial charge on any atom is -0.464 e. The number of unbranched alkanes of at least 4 members (excludes halogenated alkanes) is 3. The molecule has 0 atom stereocenters. The number of aryl methyl sites for hydroxylation is 1. The van der Waals surface area contributed by atoms with Crippen LogP contribution < -0.4 is 0 Å². The number of rotatable bonds is 6. The van der Waals surface area contributed by atoms with Crippen molar-refractivity contribution in [3.05, 3.63) is 17.7 Å². The zero-order valence-corrected chi connectivity index (χ0v) is 10.3. The molecule has 90 valence electrons. The zero-order chi connectivity index (χ0) is 12.0. The van der Waals surface area contributed by atoms with Crippen LogP contribution in [0.1, 0.15) is 48.9 Å². The van der Waals surface area contributed by atoms with Crippen LogP contribution in [-0.4, -0.2) is 22.6 Å². The monoisotopic (exact) mass is 224 g/mol. The fraction of sp³-hybridized carbons (Fsp3) is 0.667. The van der Waals surface area contributed by atoms with Gasteiger partial charge < -0.3 is 9.30 Å². The number of nitrogens with zero attached hydrogens (tertiary/aromatic N) is 2. The molecule has 0 radical (unpaired) electrons. The van der Waals surface area contributed by atoms with Gasteiger partial charge in [-0.2, -0.15) is 0 Å². The van der Waals surface area contributed by atoms with Gasteiger partial charge in [0.2, 0.25) is 0 Å². The Morgan fingerprint density at radius 2 is 2.19 bits per heavy atom. The Kier molecular flexibility index (Phi) is 5.02. The lowest BCUT2D eigenvalue weighted by molar-refractivity contribution is 0.0588. The normalized spacial score (nSPS) is 10.4. The van der Waals surface area contributed by atoms with E-state index in [1.165, 1.54) is 26.4 Å². The quantitative estimate of drug-likeness (QED) is 0.551. The van der Waals surface area contributed by atoms with Crippen LogP contribution >= 0.6 is 0 Å². The molecule has 0 fully saturated rings. The highest BCUT2D eigenvalue weighted by Crippen LogP contribution is 2.09. The van der Waals surface area contributed by atoms with Crippen LogP contribution in [0, 0.1) is 6.92 Å². The zero-order valence-electron chi connectivity index (χ0n) is 10.3. The topological polar surface area (TPSA) is 44.1 Å². The summed E-state index contributed by atoms with van der Waals surface area (Å²) in [4.78, 5) is 15.6. The van der Waals surface area contributed by atoms with Crippen LogP contribution in [-0.2, 0) is 11.3 Å². The van der Waals surface area contributed by atoms with Gasteiger partial charge >= 0.3 is 5.97 Å². The lowest BCUT2D eigenvalue weighted by Crippen LogP contribution is -2.12. The number of hydrogen-bond acceptors (Lipinski definition) is 3. The Balaban J connectivity index is 2.63. The van der Waals surface area contributed by atoms with Gasteiger partial charge in [-0.15, -0.1) is 0 Å². The first-order chi connectivity index (χ1) is 7.70. The van der Waals surface area contributed by atoms with Crippen LogP contribution in [0.15, 0.2) is 6.20 Å². The van der Waals surface area contributed by atoms with Crippen molar-refractivity contribution in [2.45, 2.75) is 46.1 Å². The van der Waals surface area contributed by atoms with E-state index in [-0.39, 0.29) is 5.97 Å². The summed E-state index contributed by atoms with van der Waals surface area (Å²) in [5.41, 5.74) is 0.552. The molecule has 0 aliphatic rings. The Hall–Kier alpha value is -1.32. The molecule has 1 rings (SSSR count). The standard InChI is InChI=1S/C12H20N2O2/c1-4-5-6-7-8-14-10(2)13-9-11(14)12(15)16-3/h9H,4-8H2,1-3H3. The van der Waals surface area contributed by atoms with Gasteiger partial charge in [-0.25, -0.2) is 9.78 Å². The summed E-state index contributed by atoms with van der Waals surface area (Å²) >= 11 is 0. The molecular formula is C12H20N2O2. The molecule has 4 heteroatoms. The predicted octanol–water partition coefficient (Wildman–Crippen LogP) is 2.56. The van der Waals surface area contributed by atoms with E-state index >= 15 is 0 Å². The SMILES string of the molecule is CCCCCCn1c(C(=O)OC)cnc1C. The lowest BCUT2D eigenvalue weighted by atomic mass is 10.2. The highest BCUT2D eigenvalue weighted by atomic mass is 16.5. The number of methoxy groups -OCH3 is 1. The second kappa shape index (κ2) is 6.30. The molecule has 0 aromatic carbocycles. The molecule has 1 aromatic heterocycles. The lowest BCUT2D eigenvalue weighted by Gasteiger charge is -2.08. The second-order valence-corrected chi connectivity index (χ2v) is 3.89. The third kappa shape index (κ3) is 3.08. The van der Waals surface area contributed by atoms with Gasteiger partial charge in [0.05, 0.1) is 13.3 Å². The first-order valence-electron chi connectivity index (χ1n) is 5.81. The fourth-order valence-corrected chi connectivity index (χ4v) is 1.71. The summed E-state index contributed by atoms with van der Waals surface area (Å²) in [6.45, 7) is 4.94. The number of carbonyl (C=O) groups is 1. The van der Waals surface area contributed by atoms with E-state index < -0.39 is 0 Å². The van der Waals surface area contributed by atoms with Crippen molar-refractivity contribution in [2.75, 3.05) is 7.11 Å². The summed E-state index contributed by atoms with van der Waals surface area (Å²) < 4.78 is 6.65. The van der Waals surface area contributed by atoms with Gasteiger partial charge in [0.1, 0.15) is 11.5 Å². The molecule has 0 amide bonds. The summed E-state index contributed by atoms with van der Waals surface area (Å²) in [6.07, 6.45) is 6.30. The molecule has 0 bridgehead atoms. The van der Waals surface area contributed by atoms with Crippen molar-refractivity contribution in [3.8, 4) is 0 Å². The van der Waals surface area contributed by atoms with E-state index in [0.717, 1.165) is 18.8 Å². The Morgan fingerprint density at radius 1 is 1.44 bits per heavy atom. The maximum absolute atomic E-state index is 11.5. The van der Waals surface area contributed by atoms with E-state index in [2.05, 4.69) is 11.9 Å². The minimum absolute atomic E-state index is 0.309. The van der Waals surface area contributed by atoms with Gasteiger partial charge in [-0.05, 0) is 13.3 Å². The number of imidazole rings is 1. The average molecular weight is 224 g/mol. The van der Waals surface area contributed by atoms with Crippen molar-refractivity contribution in [3.63, 3.8) is 0 Å². The Labute approximate surface area is 96.6 Å². The number of hydrogen-bond donors (Lipinski definition) is 0. The Bertz CT molecular complexity index is 345. The van der Waals surface area contributed by atoms with E-state index in [1.807, 2.05) is 11.5 Å². The van der Waals surface area contributed by atoms with Crippen LogP contribution in [0.4, 0.5) is 0 Å². The number of aromatic nitrogens is 2. The molecule has 0 saturated carbocycles. The van der Waals surface area contributed by atoms with E-state index in [1.54, 1.807) is 6.20 Å². The largest absolute Gasteiger partial charge is 0.464 e. The molecule has 4 nitrogen and oxygen atoms in total. The van der Waals surface area contributed by atoms with Gasteiger partial charge in [0, 0.05) is 6.54 Å². The second-order valence-electron chi connectivity index (χ2n) is 3.89. The van der Waals surface area contributed by atoms with Crippen molar-refractivity contribution >= 4 is 5.97 Å².